The number of hydrogen-bond acceptors (Lipinski definition) is 2. The summed E-state index contributed by atoms with van der Waals surface area (Å²) in [6, 6.07) is 8.55. The van der Waals surface area contributed by atoms with Crippen LogP contribution in [0.15, 0.2) is 41.0 Å². The average Bonchev–Trinajstić information content (AvgIpc) is 2.43. The van der Waals surface area contributed by atoms with Crippen LogP contribution in [0.3, 0.4) is 0 Å². The predicted molar refractivity (Wildman–Crippen MR) is 74.1 cm³/mol. The molecule has 0 unspecified atom stereocenters. The van der Waals surface area contributed by atoms with Crippen molar-refractivity contribution in [1.82, 2.24) is 9.88 Å². The summed E-state index contributed by atoms with van der Waals surface area (Å²) in [5, 5.41) is 0. The summed E-state index contributed by atoms with van der Waals surface area (Å²) in [7, 11) is 1.53. The SMILES string of the molecule is CN(Cc1ccc(Br)cc1)C(=O)c1ccnc(F)c1F. The number of halogens is 3. The van der Waals surface area contributed by atoms with Gasteiger partial charge in [0.1, 0.15) is 0 Å². The minimum Gasteiger partial charge on any atom is -0.337 e. The van der Waals surface area contributed by atoms with E-state index in [1.54, 1.807) is 0 Å². The molecule has 0 atom stereocenters. The van der Waals surface area contributed by atoms with Crippen molar-refractivity contribution in [2.24, 2.45) is 0 Å². The van der Waals surface area contributed by atoms with Crippen LogP contribution >= 0.6 is 15.9 Å². The van der Waals surface area contributed by atoms with Gasteiger partial charge in [0, 0.05) is 24.3 Å². The van der Waals surface area contributed by atoms with Crippen LogP contribution < -0.4 is 0 Å². The number of aromatic nitrogens is 1. The van der Waals surface area contributed by atoms with Crippen LogP contribution in [0, 0.1) is 11.8 Å². The Bertz CT molecular complexity index is 632. The summed E-state index contributed by atoms with van der Waals surface area (Å²) in [6.45, 7) is 0.301. The maximum atomic E-state index is 13.5. The van der Waals surface area contributed by atoms with E-state index < -0.39 is 17.7 Å². The summed E-state index contributed by atoms with van der Waals surface area (Å²) in [4.78, 5) is 16.5. The van der Waals surface area contributed by atoms with Crippen LogP contribution in [-0.2, 0) is 6.54 Å². The molecule has 1 amide bonds. The van der Waals surface area contributed by atoms with E-state index in [4.69, 9.17) is 0 Å². The fourth-order valence-electron chi connectivity index (χ4n) is 1.72. The second kappa shape index (κ2) is 6.09. The molecule has 2 aromatic rings. The third kappa shape index (κ3) is 3.19. The molecule has 0 spiro atoms. The van der Waals surface area contributed by atoms with Crippen molar-refractivity contribution in [3.8, 4) is 0 Å². The van der Waals surface area contributed by atoms with E-state index in [9.17, 15) is 13.6 Å². The zero-order valence-electron chi connectivity index (χ0n) is 10.6. The van der Waals surface area contributed by atoms with Crippen molar-refractivity contribution in [3.05, 3.63) is 63.9 Å². The first-order valence-electron chi connectivity index (χ1n) is 5.79. The number of carbonyl (C=O) groups is 1. The highest BCUT2D eigenvalue weighted by atomic mass is 79.9. The number of pyridine rings is 1. The van der Waals surface area contributed by atoms with Crippen LogP contribution in [-0.4, -0.2) is 22.8 Å². The van der Waals surface area contributed by atoms with Crippen LogP contribution in [0.25, 0.3) is 0 Å². The normalized spacial score (nSPS) is 10.4. The van der Waals surface area contributed by atoms with Crippen molar-refractivity contribution < 1.29 is 13.6 Å². The standard InChI is InChI=1S/C14H11BrF2N2O/c1-19(8-9-2-4-10(15)5-3-9)14(20)11-6-7-18-13(17)12(11)16/h2-7H,8H2,1H3. The Balaban J connectivity index is 2.16. The lowest BCUT2D eigenvalue weighted by atomic mass is 10.2. The molecule has 0 saturated carbocycles. The Morgan fingerprint density at radius 1 is 1.25 bits per heavy atom. The first kappa shape index (κ1) is 14.6. The minimum atomic E-state index is -1.27. The summed E-state index contributed by atoms with van der Waals surface area (Å²) >= 11 is 3.32. The van der Waals surface area contributed by atoms with Gasteiger partial charge in [-0.15, -0.1) is 0 Å². The Labute approximate surface area is 123 Å². The number of rotatable bonds is 3. The first-order valence-corrected chi connectivity index (χ1v) is 6.58. The van der Waals surface area contributed by atoms with Crippen LogP contribution in [0.5, 0.6) is 0 Å². The molecule has 104 valence electrons. The molecule has 1 aromatic heterocycles. The van der Waals surface area contributed by atoms with Gasteiger partial charge in [-0.05, 0) is 23.8 Å². The van der Waals surface area contributed by atoms with E-state index in [2.05, 4.69) is 20.9 Å². The van der Waals surface area contributed by atoms with Crippen molar-refractivity contribution in [1.29, 1.82) is 0 Å². The molecule has 0 aliphatic rings. The molecule has 0 aliphatic heterocycles. The molecule has 20 heavy (non-hydrogen) atoms. The van der Waals surface area contributed by atoms with E-state index in [1.165, 1.54) is 18.0 Å². The van der Waals surface area contributed by atoms with Gasteiger partial charge in [0.2, 0.25) is 5.95 Å². The third-order valence-corrected chi connectivity index (χ3v) is 3.29. The molecule has 0 fully saturated rings. The summed E-state index contributed by atoms with van der Waals surface area (Å²) in [5.41, 5.74) is 0.566. The lowest BCUT2D eigenvalue weighted by Crippen LogP contribution is -2.27. The summed E-state index contributed by atoms with van der Waals surface area (Å²) in [6.07, 6.45) is 1.07. The van der Waals surface area contributed by atoms with Gasteiger partial charge in [0.25, 0.3) is 5.91 Å². The van der Waals surface area contributed by atoms with Gasteiger partial charge < -0.3 is 4.90 Å². The molecule has 0 bridgehead atoms. The Morgan fingerprint density at radius 2 is 1.90 bits per heavy atom. The highest BCUT2D eigenvalue weighted by Gasteiger charge is 2.19. The lowest BCUT2D eigenvalue weighted by molar-refractivity contribution is 0.0779. The number of amides is 1. The van der Waals surface area contributed by atoms with Gasteiger partial charge in [-0.25, -0.2) is 9.37 Å². The average molecular weight is 341 g/mol. The molecule has 2 rings (SSSR count). The van der Waals surface area contributed by atoms with Gasteiger partial charge in [0.15, 0.2) is 5.82 Å². The number of nitrogens with zero attached hydrogens (tertiary/aromatic N) is 2. The van der Waals surface area contributed by atoms with Crippen molar-refractivity contribution >= 4 is 21.8 Å². The van der Waals surface area contributed by atoms with Crippen molar-refractivity contribution in [3.63, 3.8) is 0 Å². The van der Waals surface area contributed by atoms with E-state index in [1.807, 2.05) is 24.3 Å². The molecule has 0 saturated heterocycles. The fraction of sp³-hybridized carbons (Fsp3) is 0.143. The molecule has 1 aromatic carbocycles. The predicted octanol–water partition coefficient (Wildman–Crippen LogP) is 3.39. The van der Waals surface area contributed by atoms with Crippen LogP contribution in [0.1, 0.15) is 15.9 Å². The molecule has 0 radical (unpaired) electrons. The van der Waals surface area contributed by atoms with Gasteiger partial charge in [0.05, 0.1) is 5.56 Å². The fourth-order valence-corrected chi connectivity index (χ4v) is 1.99. The van der Waals surface area contributed by atoms with Crippen LogP contribution in [0.2, 0.25) is 0 Å². The Hall–Kier alpha value is -1.82. The number of carbonyl (C=O) groups excluding carboxylic acids is 1. The second-order valence-electron chi connectivity index (χ2n) is 4.25. The smallest absolute Gasteiger partial charge is 0.257 e. The van der Waals surface area contributed by atoms with Crippen molar-refractivity contribution in [2.75, 3.05) is 7.05 Å². The quantitative estimate of drug-likeness (QED) is 0.802. The molecular formula is C14H11BrF2N2O. The molecular weight excluding hydrogens is 330 g/mol. The third-order valence-electron chi connectivity index (χ3n) is 2.76. The van der Waals surface area contributed by atoms with Crippen LogP contribution in [0.4, 0.5) is 8.78 Å². The second-order valence-corrected chi connectivity index (χ2v) is 5.17. The van der Waals surface area contributed by atoms with E-state index in [0.717, 1.165) is 16.2 Å². The van der Waals surface area contributed by atoms with E-state index >= 15 is 0 Å². The summed E-state index contributed by atoms with van der Waals surface area (Å²) in [5.74, 6) is -3.08. The largest absolute Gasteiger partial charge is 0.337 e. The highest BCUT2D eigenvalue weighted by Crippen LogP contribution is 2.15. The highest BCUT2D eigenvalue weighted by molar-refractivity contribution is 9.10. The zero-order valence-corrected chi connectivity index (χ0v) is 12.2. The molecule has 0 N–H and O–H groups in total. The number of benzene rings is 1. The van der Waals surface area contributed by atoms with Gasteiger partial charge in [-0.2, -0.15) is 4.39 Å². The van der Waals surface area contributed by atoms with E-state index in [0.29, 0.717) is 6.54 Å². The maximum Gasteiger partial charge on any atom is 0.257 e. The van der Waals surface area contributed by atoms with Gasteiger partial charge in [-0.3, -0.25) is 4.79 Å². The minimum absolute atomic E-state index is 0.301. The van der Waals surface area contributed by atoms with E-state index in [-0.39, 0.29) is 5.56 Å². The summed E-state index contributed by atoms with van der Waals surface area (Å²) < 4.78 is 27.5. The topological polar surface area (TPSA) is 33.2 Å². The van der Waals surface area contributed by atoms with Gasteiger partial charge >= 0.3 is 0 Å². The molecule has 0 aliphatic carbocycles. The molecule has 6 heteroatoms. The Morgan fingerprint density at radius 3 is 2.55 bits per heavy atom. The number of hydrogen-bond donors (Lipinski definition) is 0. The van der Waals surface area contributed by atoms with Crippen molar-refractivity contribution in [2.45, 2.75) is 6.54 Å². The Kier molecular flexibility index (Phi) is 4.44. The first-order chi connectivity index (χ1) is 9.49. The maximum absolute atomic E-state index is 13.5. The lowest BCUT2D eigenvalue weighted by Gasteiger charge is -2.17. The van der Waals surface area contributed by atoms with Gasteiger partial charge in [-0.1, -0.05) is 28.1 Å². The molecule has 3 nitrogen and oxygen atoms in total. The molecule has 1 heterocycles. The zero-order chi connectivity index (χ0) is 14.7. The monoisotopic (exact) mass is 340 g/mol.